The van der Waals surface area contributed by atoms with E-state index in [9.17, 15) is 0 Å². The van der Waals surface area contributed by atoms with Crippen molar-refractivity contribution in [1.29, 1.82) is 0 Å². The summed E-state index contributed by atoms with van der Waals surface area (Å²) < 4.78 is 0. The van der Waals surface area contributed by atoms with E-state index in [2.05, 4.69) is 115 Å². The van der Waals surface area contributed by atoms with E-state index in [0.717, 1.165) is 27.7 Å². The van der Waals surface area contributed by atoms with E-state index in [1.807, 2.05) is 60.9 Å². The van der Waals surface area contributed by atoms with Crippen molar-refractivity contribution in [1.82, 2.24) is 15.0 Å². The Morgan fingerprint density at radius 2 is 1.39 bits per heavy atom. The second kappa shape index (κ2) is 13.9. The number of rotatable bonds is 4. The van der Waals surface area contributed by atoms with Gasteiger partial charge in [0.2, 0.25) is 0 Å². The van der Waals surface area contributed by atoms with E-state index in [-0.39, 0.29) is 20.1 Å². The number of fused-ring (bicyclic) bond motifs is 3. The molecule has 7 aromatic rings. The molecule has 0 N–H and O–H groups in total. The van der Waals surface area contributed by atoms with Gasteiger partial charge in [0.1, 0.15) is 0 Å². The number of pyridine rings is 1. The molecular formula is C40H33IrN3-2. The van der Waals surface area contributed by atoms with Crippen molar-refractivity contribution in [2.75, 3.05) is 0 Å². The molecule has 0 saturated heterocycles. The van der Waals surface area contributed by atoms with Crippen molar-refractivity contribution in [3.8, 4) is 33.8 Å². The molecule has 0 aliphatic heterocycles. The van der Waals surface area contributed by atoms with Crippen LogP contribution in [-0.2, 0) is 20.1 Å². The maximum Gasteiger partial charge on any atom is 0.0755 e. The molecule has 3 nitrogen and oxygen atoms in total. The van der Waals surface area contributed by atoms with Crippen LogP contribution in [0.4, 0.5) is 0 Å². The van der Waals surface area contributed by atoms with E-state index in [4.69, 9.17) is 0 Å². The number of nitrogens with zero attached hydrogens (tertiary/aromatic N) is 3. The average Bonchev–Trinajstić information content (AvgIpc) is 3.06. The van der Waals surface area contributed by atoms with Crippen molar-refractivity contribution in [3.63, 3.8) is 0 Å². The van der Waals surface area contributed by atoms with Crippen LogP contribution in [0.15, 0.2) is 122 Å². The van der Waals surface area contributed by atoms with Gasteiger partial charge in [-0.1, -0.05) is 80.1 Å². The van der Waals surface area contributed by atoms with Gasteiger partial charge in [-0.25, -0.2) is 0 Å². The predicted molar refractivity (Wildman–Crippen MR) is 179 cm³/mol. The summed E-state index contributed by atoms with van der Waals surface area (Å²) >= 11 is 0. The second-order valence-corrected chi connectivity index (χ2v) is 11.1. The van der Waals surface area contributed by atoms with E-state index in [0.29, 0.717) is 11.7 Å². The van der Waals surface area contributed by atoms with Crippen molar-refractivity contribution in [2.24, 2.45) is 0 Å². The number of aryl methyl sites for hydroxylation is 2. The van der Waals surface area contributed by atoms with Crippen LogP contribution in [0.5, 0.6) is 0 Å². The number of benzene rings is 5. The number of hydrogen-bond donors (Lipinski definition) is 0. The Balaban J connectivity index is 0.000000172. The largest absolute Gasteiger partial charge is 0.304 e. The van der Waals surface area contributed by atoms with Crippen LogP contribution < -0.4 is 0 Å². The summed E-state index contributed by atoms with van der Waals surface area (Å²) in [7, 11) is 0. The first kappa shape index (κ1) is 30.9. The molecule has 0 atom stereocenters. The Morgan fingerprint density at radius 3 is 2.14 bits per heavy atom. The molecule has 44 heavy (non-hydrogen) atoms. The van der Waals surface area contributed by atoms with Crippen LogP contribution >= 0.6 is 0 Å². The topological polar surface area (TPSA) is 38.7 Å². The van der Waals surface area contributed by atoms with Crippen LogP contribution in [0, 0.1) is 26.0 Å². The number of hydrogen-bond acceptors (Lipinski definition) is 3. The molecule has 4 heteroatoms. The van der Waals surface area contributed by atoms with Crippen molar-refractivity contribution < 1.29 is 20.1 Å². The standard InChI is InChI=1S/C22H22N.C18H11N2.Ir/c1-15(2)18-8-10-19(11-9-18)20-6-5-7-21(13-20)22-12-16(3)17(4)14-23-22;1-2-7-14(8-3-1)18-19-12-16-15-9-5-4-6-13(15)10-11-17(16)20-18;/h5-6,8-15H,1-4H3;1-7,9-12H;/q2*-1;. The summed E-state index contributed by atoms with van der Waals surface area (Å²) in [6.45, 7) is 8.64. The Labute approximate surface area is 273 Å². The third-order valence-corrected chi connectivity index (χ3v) is 7.80. The Morgan fingerprint density at radius 1 is 0.614 bits per heavy atom. The first-order valence-corrected chi connectivity index (χ1v) is 14.6. The van der Waals surface area contributed by atoms with Crippen LogP contribution in [0.3, 0.4) is 0 Å². The minimum Gasteiger partial charge on any atom is -0.304 e. The maximum absolute atomic E-state index is 4.65. The van der Waals surface area contributed by atoms with Crippen molar-refractivity contribution >= 4 is 21.7 Å². The molecule has 7 rings (SSSR count). The van der Waals surface area contributed by atoms with Gasteiger partial charge in [-0.3, -0.25) is 9.97 Å². The predicted octanol–water partition coefficient (Wildman–Crippen LogP) is 10.2. The number of aromatic nitrogens is 3. The van der Waals surface area contributed by atoms with Gasteiger partial charge in [0, 0.05) is 37.9 Å². The Kier molecular flexibility index (Phi) is 9.75. The first-order chi connectivity index (χ1) is 21.0. The minimum absolute atomic E-state index is 0. The van der Waals surface area contributed by atoms with Gasteiger partial charge in [-0.05, 0) is 59.0 Å². The quantitative estimate of drug-likeness (QED) is 0.133. The molecule has 219 valence electrons. The maximum atomic E-state index is 4.65. The monoisotopic (exact) mass is 748 g/mol. The molecule has 2 heterocycles. The zero-order valence-corrected chi connectivity index (χ0v) is 27.7. The smallest absolute Gasteiger partial charge is 0.0755 e. The average molecular weight is 748 g/mol. The third-order valence-electron chi connectivity index (χ3n) is 7.80. The van der Waals surface area contributed by atoms with E-state index < -0.39 is 0 Å². The molecule has 0 spiro atoms. The van der Waals surface area contributed by atoms with Crippen molar-refractivity contribution in [3.05, 3.63) is 150 Å². The summed E-state index contributed by atoms with van der Waals surface area (Å²) in [5, 5.41) is 3.49. The molecule has 5 aromatic carbocycles. The third kappa shape index (κ3) is 6.83. The van der Waals surface area contributed by atoms with Crippen molar-refractivity contribution in [2.45, 2.75) is 33.6 Å². The first-order valence-electron chi connectivity index (χ1n) is 14.6. The van der Waals surface area contributed by atoms with Crippen LogP contribution in [0.2, 0.25) is 0 Å². The Bertz CT molecular complexity index is 2020. The molecule has 0 fully saturated rings. The molecule has 0 unspecified atom stereocenters. The summed E-state index contributed by atoms with van der Waals surface area (Å²) in [5.74, 6) is 1.27. The fraction of sp³-hybridized carbons (Fsp3) is 0.125. The molecule has 0 amide bonds. The zero-order chi connectivity index (χ0) is 29.8. The summed E-state index contributed by atoms with van der Waals surface area (Å²) in [5.41, 5.74) is 10.2. The SMILES string of the molecule is Cc1cnc(-c2[c-]ccc(-c3ccc(C(C)C)cc3)c2)cc1C.[Ir].[c-]1ccccc1-c1ncc2c(ccc3ccccc32)n1. The van der Waals surface area contributed by atoms with Gasteiger partial charge in [-0.2, -0.15) is 0 Å². The van der Waals surface area contributed by atoms with Gasteiger partial charge in [0.05, 0.1) is 11.3 Å². The summed E-state index contributed by atoms with van der Waals surface area (Å²) in [4.78, 5) is 13.7. The molecule has 0 aliphatic rings. The van der Waals surface area contributed by atoms with Gasteiger partial charge in [0.15, 0.2) is 0 Å². The van der Waals surface area contributed by atoms with Gasteiger partial charge < -0.3 is 4.98 Å². The fourth-order valence-corrected chi connectivity index (χ4v) is 5.07. The molecule has 0 saturated carbocycles. The summed E-state index contributed by atoms with van der Waals surface area (Å²) in [6.07, 6.45) is 3.84. The normalized spacial score (nSPS) is 10.8. The van der Waals surface area contributed by atoms with Crippen LogP contribution in [0.1, 0.15) is 36.5 Å². The Hall–Kier alpha value is -4.50. The molecule has 1 radical (unpaired) electrons. The zero-order valence-electron chi connectivity index (χ0n) is 25.3. The van der Waals surface area contributed by atoms with Gasteiger partial charge in [0.25, 0.3) is 0 Å². The van der Waals surface area contributed by atoms with Gasteiger partial charge in [-0.15, -0.1) is 71.3 Å². The van der Waals surface area contributed by atoms with Crippen LogP contribution in [0.25, 0.3) is 55.4 Å². The van der Waals surface area contributed by atoms with E-state index >= 15 is 0 Å². The minimum atomic E-state index is 0. The summed E-state index contributed by atoms with van der Waals surface area (Å²) in [6, 6.07) is 43.9. The molecule has 2 aromatic heterocycles. The molecule has 0 bridgehead atoms. The van der Waals surface area contributed by atoms with Crippen LogP contribution in [-0.4, -0.2) is 15.0 Å². The fourth-order valence-electron chi connectivity index (χ4n) is 5.07. The van der Waals surface area contributed by atoms with E-state index in [1.54, 1.807) is 0 Å². The molecule has 0 aliphatic carbocycles. The second-order valence-electron chi connectivity index (χ2n) is 11.1. The molecular weight excluding hydrogens is 715 g/mol. The van der Waals surface area contributed by atoms with E-state index in [1.165, 1.54) is 38.6 Å². The van der Waals surface area contributed by atoms with Gasteiger partial charge >= 0.3 is 0 Å².